The molecule has 3 amide bonds. The van der Waals surface area contributed by atoms with E-state index in [1.54, 1.807) is 11.1 Å². The molecule has 0 bridgehead atoms. The van der Waals surface area contributed by atoms with Gasteiger partial charge in [0.05, 0.1) is 12.6 Å². The van der Waals surface area contributed by atoms with Gasteiger partial charge in [-0.3, -0.25) is 19.8 Å². The van der Waals surface area contributed by atoms with E-state index in [9.17, 15) is 29.4 Å². The van der Waals surface area contributed by atoms with Gasteiger partial charge in [0.2, 0.25) is 17.7 Å². The van der Waals surface area contributed by atoms with Crippen molar-refractivity contribution >= 4 is 40.6 Å². The molecule has 210 valence electrons. The van der Waals surface area contributed by atoms with Crippen LogP contribution in [0.5, 0.6) is 0 Å². The second-order valence-electron chi connectivity index (χ2n) is 9.38. The second-order valence-corrected chi connectivity index (χ2v) is 9.38. The first kappa shape index (κ1) is 29.1. The third-order valence-corrected chi connectivity index (χ3v) is 6.44. The number of para-hydroxylation sites is 1. The van der Waals surface area contributed by atoms with Crippen LogP contribution in [-0.2, 0) is 25.6 Å². The number of hydrogen-bond acceptors (Lipinski definition) is 7. The lowest BCUT2D eigenvalue weighted by molar-refractivity contribution is -0.142. The number of aliphatic hydroxyl groups is 1. The van der Waals surface area contributed by atoms with Crippen molar-refractivity contribution in [3.8, 4) is 0 Å². The lowest BCUT2D eigenvalue weighted by Gasteiger charge is -2.22. The molecule has 14 heteroatoms. The van der Waals surface area contributed by atoms with Crippen LogP contribution in [0.15, 0.2) is 42.1 Å². The Balaban J connectivity index is 1.52. The first-order valence-corrected chi connectivity index (χ1v) is 12.3. The zero-order valence-electron chi connectivity index (χ0n) is 21.4. The molecular weight excluding hydrogens is 508 g/mol. The number of nitrogens with zero attached hydrogens (tertiary/aromatic N) is 1. The summed E-state index contributed by atoms with van der Waals surface area (Å²) in [6.45, 7) is 1.40. The van der Waals surface area contributed by atoms with Crippen LogP contribution >= 0.6 is 0 Å². The molecule has 0 fully saturated rings. The largest absolute Gasteiger partial charge is 0.480 e. The van der Waals surface area contributed by atoms with E-state index in [-0.39, 0.29) is 18.8 Å². The zero-order valence-corrected chi connectivity index (χ0v) is 21.4. The number of fused-ring (bicyclic) bond motifs is 1. The van der Waals surface area contributed by atoms with Gasteiger partial charge in [-0.1, -0.05) is 29.8 Å². The highest BCUT2D eigenvalue weighted by Gasteiger charge is 2.29. The number of carbonyl (C=O) groups excluding carboxylic acids is 3. The number of aliphatic carboxylic acids is 1. The molecule has 0 saturated carbocycles. The first-order valence-electron chi connectivity index (χ1n) is 12.3. The molecule has 1 aliphatic heterocycles. The highest BCUT2D eigenvalue weighted by molar-refractivity contribution is 5.94. The van der Waals surface area contributed by atoms with Gasteiger partial charge in [0.15, 0.2) is 5.96 Å². The quantitative estimate of drug-likeness (QED) is 0.0826. The molecule has 11 N–H and O–H groups in total. The van der Waals surface area contributed by atoms with E-state index in [4.69, 9.17) is 16.9 Å². The number of carbonyl (C=O) groups is 4. The maximum Gasteiger partial charge on any atom is 0.326 e. The van der Waals surface area contributed by atoms with Crippen molar-refractivity contribution < 1.29 is 29.4 Å². The SMILES string of the molecule is CC(NC(=O)C(CO)NC(=O)C(N)CC1=CCN(C(=N)N)C1)C(=O)NC(Cc1c[nH]c2ccccc12)C(=O)O. The van der Waals surface area contributed by atoms with Gasteiger partial charge >= 0.3 is 5.97 Å². The molecule has 2 aromatic rings. The summed E-state index contributed by atoms with van der Waals surface area (Å²) in [6, 6.07) is 2.53. The number of rotatable bonds is 12. The molecule has 0 spiro atoms. The molecule has 14 nitrogen and oxygen atoms in total. The Morgan fingerprint density at radius 1 is 1.08 bits per heavy atom. The third kappa shape index (κ3) is 7.55. The van der Waals surface area contributed by atoms with Crippen LogP contribution in [0.25, 0.3) is 10.9 Å². The van der Waals surface area contributed by atoms with Crippen LogP contribution in [-0.4, -0.2) is 93.6 Å². The summed E-state index contributed by atoms with van der Waals surface area (Å²) in [5.74, 6) is -3.62. The zero-order chi connectivity index (χ0) is 28.7. The normalized spacial score (nSPS) is 16.1. The standard InChI is InChI=1S/C25H34N8O6/c1-13(21(35)31-19(24(38)39)9-15-10-29-18-5-3-2-4-16(15)18)30-23(37)20(12-34)32-22(36)17(26)8-14-6-7-33(11-14)25(27)28/h2-6,10,13,17,19-20,29,34H,7-9,11-12,26H2,1H3,(H3,27,28)(H,30,37)(H,31,35)(H,32,36)(H,38,39). The van der Waals surface area contributed by atoms with Crippen LogP contribution in [0, 0.1) is 5.41 Å². The van der Waals surface area contributed by atoms with E-state index in [0.29, 0.717) is 18.7 Å². The van der Waals surface area contributed by atoms with Crippen molar-refractivity contribution in [3.63, 3.8) is 0 Å². The Kier molecular flexibility index (Phi) is 9.62. The van der Waals surface area contributed by atoms with Gasteiger partial charge in [-0.2, -0.15) is 0 Å². The predicted octanol–water partition coefficient (Wildman–Crippen LogP) is -1.89. The van der Waals surface area contributed by atoms with Gasteiger partial charge in [-0.05, 0) is 25.0 Å². The number of nitrogens with one attached hydrogen (secondary N) is 5. The Hall–Kier alpha value is -4.43. The summed E-state index contributed by atoms with van der Waals surface area (Å²) in [7, 11) is 0. The maximum atomic E-state index is 12.7. The minimum absolute atomic E-state index is 0.0135. The number of benzene rings is 1. The molecule has 1 aromatic carbocycles. The Bertz CT molecular complexity index is 1270. The molecule has 0 radical (unpaired) electrons. The third-order valence-electron chi connectivity index (χ3n) is 6.44. The smallest absolute Gasteiger partial charge is 0.326 e. The molecule has 1 aliphatic rings. The van der Waals surface area contributed by atoms with Crippen molar-refractivity contribution in [2.75, 3.05) is 19.7 Å². The molecular formula is C25H34N8O6. The number of carboxylic acid groups (broad SMARTS) is 1. The maximum absolute atomic E-state index is 12.7. The molecule has 4 atom stereocenters. The minimum atomic E-state index is -1.38. The fourth-order valence-corrected chi connectivity index (χ4v) is 4.19. The van der Waals surface area contributed by atoms with E-state index in [0.717, 1.165) is 16.5 Å². The number of aromatic amines is 1. The fourth-order valence-electron chi connectivity index (χ4n) is 4.19. The first-order chi connectivity index (χ1) is 18.5. The van der Waals surface area contributed by atoms with Gasteiger partial charge in [-0.15, -0.1) is 0 Å². The highest BCUT2D eigenvalue weighted by atomic mass is 16.4. The van der Waals surface area contributed by atoms with Crippen molar-refractivity contribution in [1.82, 2.24) is 25.8 Å². The van der Waals surface area contributed by atoms with E-state index >= 15 is 0 Å². The Morgan fingerprint density at radius 3 is 2.41 bits per heavy atom. The van der Waals surface area contributed by atoms with Crippen molar-refractivity contribution in [2.24, 2.45) is 11.5 Å². The topological polar surface area (TPSA) is 240 Å². The van der Waals surface area contributed by atoms with E-state index in [1.807, 2.05) is 30.3 Å². The van der Waals surface area contributed by atoms with Crippen LogP contribution in [0.2, 0.25) is 0 Å². The van der Waals surface area contributed by atoms with Crippen molar-refractivity contribution in [1.29, 1.82) is 5.41 Å². The average molecular weight is 543 g/mol. The average Bonchev–Trinajstić information content (AvgIpc) is 3.53. The van der Waals surface area contributed by atoms with Gasteiger partial charge in [0.25, 0.3) is 0 Å². The number of amides is 3. The van der Waals surface area contributed by atoms with E-state index in [1.165, 1.54) is 6.92 Å². The number of carboxylic acids is 1. The van der Waals surface area contributed by atoms with Gasteiger partial charge in [0.1, 0.15) is 18.1 Å². The summed E-state index contributed by atoms with van der Waals surface area (Å²) in [5, 5.41) is 34.8. The molecule has 0 aliphatic carbocycles. The van der Waals surface area contributed by atoms with E-state index < -0.39 is 54.5 Å². The number of aromatic nitrogens is 1. The molecule has 0 saturated heterocycles. The molecule has 3 rings (SSSR count). The van der Waals surface area contributed by atoms with Gasteiger partial charge in [0, 0.05) is 36.6 Å². The van der Waals surface area contributed by atoms with Crippen LogP contribution in [0.4, 0.5) is 0 Å². The van der Waals surface area contributed by atoms with Gasteiger partial charge < -0.3 is 47.5 Å². The number of guanidine groups is 1. The second kappa shape index (κ2) is 12.9. The van der Waals surface area contributed by atoms with Crippen LogP contribution in [0.1, 0.15) is 18.9 Å². The molecule has 2 heterocycles. The Morgan fingerprint density at radius 2 is 1.77 bits per heavy atom. The predicted molar refractivity (Wildman–Crippen MR) is 142 cm³/mol. The van der Waals surface area contributed by atoms with Crippen molar-refractivity contribution in [3.05, 3.63) is 47.7 Å². The summed E-state index contributed by atoms with van der Waals surface area (Å²) < 4.78 is 0. The number of H-pyrrole nitrogens is 1. The summed E-state index contributed by atoms with van der Waals surface area (Å²) in [6.07, 6.45) is 3.68. The summed E-state index contributed by atoms with van der Waals surface area (Å²) >= 11 is 0. The number of nitrogens with two attached hydrogens (primary N) is 2. The van der Waals surface area contributed by atoms with E-state index in [2.05, 4.69) is 20.9 Å². The monoisotopic (exact) mass is 542 g/mol. The lowest BCUT2D eigenvalue weighted by Crippen LogP contribution is -2.57. The number of hydrogen-bond donors (Lipinski definition) is 9. The van der Waals surface area contributed by atoms with Gasteiger partial charge in [-0.25, -0.2) is 4.79 Å². The molecule has 39 heavy (non-hydrogen) atoms. The minimum Gasteiger partial charge on any atom is -0.480 e. The fraction of sp³-hybridized carbons (Fsp3) is 0.400. The molecule has 4 unspecified atom stereocenters. The van der Waals surface area contributed by atoms with Crippen LogP contribution in [0.3, 0.4) is 0 Å². The van der Waals surface area contributed by atoms with Crippen LogP contribution < -0.4 is 27.4 Å². The molecule has 1 aromatic heterocycles. The summed E-state index contributed by atoms with van der Waals surface area (Å²) in [4.78, 5) is 54.3. The lowest BCUT2D eigenvalue weighted by atomic mass is 10.0. The number of aliphatic hydroxyl groups excluding tert-OH is 1. The highest BCUT2D eigenvalue weighted by Crippen LogP contribution is 2.19. The summed E-state index contributed by atoms with van der Waals surface area (Å²) in [5.41, 5.74) is 13.8. The van der Waals surface area contributed by atoms with Crippen molar-refractivity contribution in [2.45, 2.75) is 43.9 Å². The Labute approximate surface area is 224 Å².